The number of likely N-dealkylation sites (N-methyl/N-ethyl adjacent to an activating group) is 1. The van der Waals surface area contributed by atoms with Crippen LogP contribution in [0.2, 0.25) is 0 Å². The molecule has 7 rings (SSSR count). The van der Waals surface area contributed by atoms with E-state index in [4.69, 9.17) is 15.2 Å². The van der Waals surface area contributed by atoms with Gasteiger partial charge in [-0.15, -0.1) is 0 Å². The van der Waals surface area contributed by atoms with Crippen LogP contribution >= 0.6 is 0 Å². The maximum atomic E-state index is 14.2. The second-order valence-corrected chi connectivity index (χ2v) is 18.1. The van der Waals surface area contributed by atoms with Crippen molar-refractivity contribution in [1.29, 1.82) is 0 Å². The number of aliphatic hydroxyl groups excluding tert-OH is 2. The Morgan fingerprint density at radius 3 is 2.08 bits per heavy atom. The van der Waals surface area contributed by atoms with Crippen LogP contribution in [0.1, 0.15) is 131 Å². The second-order valence-electron chi connectivity index (χ2n) is 18.1. The van der Waals surface area contributed by atoms with Gasteiger partial charge in [-0.25, -0.2) is 0 Å². The first-order chi connectivity index (χ1) is 29.5. The molecule has 61 heavy (non-hydrogen) atoms. The van der Waals surface area contributed by atoms with Gasteiger partial charge in [0.05, 0.1) is 43.5 Å². The number of nitrogens with zero attached hydrogens (tertiary/aromatic N) is 2. The van der Waals surface area contributed by atoms with Gasteiger partial charge >= 0.3 is 0 Å². The van der Waals surface area contributed by atoms with Crippen LogP contribution in [0.5, 0.6) is 11.5 Å². The van der Waals surface area contributed by atoms with Crippen molar-refractivity contribution >= 4 is 23.6 Å². The molecule has 2 saturated heterocycles. The first kappa shape index (κ1) is 44.8. The molecular formula is C47H68N6O8. The fraction of sp³-hybridized carbons (Fsp3) is 0.660. The van der Waals surface area contributed by atoms with Crippen molar-refractivity contribution < 1.29 is 38.9 Å². The van der Waals surface area contributed by atoms with Gasteiger partial charge in [0.25, 0.3) is 0 Å². The van der Waals surface area contributed by atoms with Gasteiger partial charge in [0.15, 0.2) is 0 Å². The summed E-state index contributed by atoms with van der Waals surface area (Å²) in [5, 5.41) is 30.3. The summed E-state index contributed by atoms with van der Waals surface area (Å²) in [4.78, 5) is 57.0. The van der Waals surface area contributed by atoms with E-state index in [-0.39, 0.29) is 54.6 Å². The highest BCUT2D eigenvalue weighted by Crippen LogP contribution is 2.42. The third kappa shape index (κ3) is 10.5. The number of aliphatic hydroxyl groups is 2. The molecule has 3 fully saturated rings. The molecule has 2 aromatic carbocycles. The lowest BCUT2D eigenvalue weighted by Crippen LogP contribution is -2.58. The van der Waals surface area contributed by atoms with Crippen molar-refractivity contribution in [1.82, 2.24) is 25.8 Å². The lowest BCUT2D eigenvalue weighted by Gasteiger charge is -2.36. The van der Waals surface area contributed by atoms with Gasteiger partial charge in [-0.3, -0.25) is 24.1 Å². The Morgan fingerprint density at radius 2 is 1.41 bits per heavy atom. The first-order valence-electron chi connectivity index (χ1n) is 23.0. The summed E-state index contributed by atoms with van der Waals surface area (Å²) in [5.74, 6) is 0.496. The number of unbranched alkanes of at least 4 members (excludes halogenated alkanes) is 2. The summed E-state index contributed by atoms with van der Waals surface area (Å²) >= 11 is 0. The number of nitrogens with two attached hydrogens (primary N) is 1. The highest BCUT2D eigenvalue weighted by molar-refractivity contribution is 5.94. The van der Waals surface area contributed by atoms with E-state index in [0.717, 1.165) is 113 Å². The highest BCUT2D eigenvalue weighted by atomic mass is 16.5. The molecule has 1 saturated carbocycles. The number of likely N-dealkylation sites (tertiary alicyclic amines) is 2. The molecule has 2 aromatic rings. The highest BCUT2D eigenvalue weighted by Gasteiger charge is 2.45. The van der Waals surface area contributed by atoms with Crippen molar-refractivity contribution in [3.63, 3.8) is 0 Å². The number of benzene rings is 2. The Hall–Kier alpha value is -4.24. The molecule has 4 amide bonds. The molecule has 14 nitrogen and oxygen atoms in total. The minimum Gasteiger partial charge on any atom is -0.493 e. The molecule has 7 N–H and O–H groups in total. The minimum absolute atomic E-state index is 0.0146. The van der Waals surface area contributed by atoms with Gasteiger partial charge in [0.2, 0.25) is 23.6 Å². The molecule has 0 bridgehead atoms. The van der Waals surface area contributed by atoms with Crippen molar-refractivity contribution in [3.8, 4) is 11.5 Å². The second kappa shape index (κ2) is 20.8. The number of fused-ring (bicyclic) bond motifs is 2. The van der Waals surface area contributed by atoms with Crippen molar-refractivity contribution in [2.24, 2.45) is 11.7 Å². The van der Waals surface area contributed by atoms with E-state index in [1.54, 1.807) is 14.0 Å². The van der Waals surface area contributed by atoms with Crippen LogP contribution in [0.3, 0.4) is 0 Å². The summed E-state index contributed by atoms with van der Waals surface area (Å²) in [6, 6.07) is 9.46. The lowest BCUT2D eigenvalue weighted by molar-refractivity contribution is -0.143. The van der Waals surface area contributed by atoms with Gasteiger partial charge < -0.3 is 46.3 Å². The normalized spacial score (nSPS) is 26.5. The predicted octanol–water partition coefficient (Wildman–Crippen LogP) is 3.74. The summed E-state index contributed by atoms with van der Waals surface area (Å²) < 4.78 is 12.7. The molecule has 2 heterocycles. The van der Waals surface area contributed by atoms with E-state index in [1.165, 1.54) is 16.0 Å². The zero-order valence-corrected chi connectivity index (χ0v) is 36.1. The Balaban J connectivity index is 0.907. The molecular weight excluding hydrogens is 777 g/mol. The number of carbonyl (C=O) groups excluding carboxylic acids is 4. The summed E-state index contributed by atoms with van der Waals surface area (Å²) in [7, 11) is 1.71. The summed E-state index contributed by atoms with van der Waals surface area (Å²) in [6.45, 7) is 3.40. The van der Waals surface area contributed by atoms with Crippen molar-refractivity contribution in [2.45, 2.75) is 158 Å². The molecule has 0 radical (unpaired) electrons. The molecule has 14 heteroatoms. The number of rotatable bonds is 17. The standard InChI is InChI=1S/C47H68N6O8/c1-29(49-2)45(57)51-43(30-13-5-3-6-14-30)47(59)53-28-32(55)26-40(53)46(58)50-37-19-9-17-35-33(37)15-11-21-41(35)60-23-7-4-8-24-61-42-22-12-16-34-36(42)18-10-20-38(34)52-27-31(54)25-39(52)44(48)56/h11-12,15-16,21-22,29-32,37-40,43,49,54-55H,3-10,13-14,17-20,23-28H2,1-2H3,(H2,48,56)(H,50,58)(H,51,57)/t29-,31?,32-,37+,38+,39?,40-,43-/m0/s1. The van der Waals surface area contributed by atoms with E-state index in [9.17, 15) is 29.4 Å². The van der Waals surface area contributed by atoms with Crippen LogP contribution in [0.4, 0.5) is 0 Å². The Kier molecular flexibility index (Phi) is 15.2. The maximum Gasteiger partial charge on any atom is 0.246 e. The largest absolute Gasteiger partial charge is 0.493 e. The number of nitrogens with one attached hydrogen (secondary N) is 3. The zero-order chi connectivity index (χ0) is 43.0. The number of amides is 4. The van der Waals surface area contributed by atoms with Gasteiger partial charge in [0, 0.05) is 25.6 Å². The topological polar surface area (TPSA) is 196 Å². The summed E-state index contributed by atoms with van der Waals surface area (Å²) in [5.41, 5.74) is 10.2. The Labute approximate surface area is 360 Å². The molecule has 334 valence electrons. The number of ether oxygens (including phenoxy) is 2. The smallest absolute Gasteiger partial charge is 0.246 e. The quantitative estimate of drug-likeness (QED) is 0.128. The van der Waals surface area contributed by atoms with Crippen molar-refractivity contribution in [2.75, 3.05) is 33.4 Å². The van der Waals surface area contributed by atoms with E-state index in [2.05, 4.69) is 26.9 Å². The number of β-amino-alcohol motifs (C(OH)–C–C–N with tert-alkyl or cyclic N) is 2. The maximum absolute atomic E-state index is 14.2. The predicted molar refractivity (Wildman–Crippen MR) is 231 cm³/mol. The number of hydrogen-bond donors (Lipinski definition) is 6. The lowest BCUT2D eigenvalue weighted by atomic mass is 9.83. The molecule has 2 unspecified atom stereocenters. The molecule has 0 spiro atoms. The minimum atomic E-state index is -0.828. The fourth-order valence-electron chi connectivity index (χ4n) is 10.6. The Bertz CT molecular complexity index is 1850. The number of carbonyl (C=O) groups is 4. The molecule has 5 aliphatic rings. The molecule has 2 aliphatic heterocycles. The molecule has 8 atom stereocenters. The average molecular weight is 845 g/mol. The monoisotopic (exact) mass is 845 g/mol. The zero-order valence-electron chi connectivity index (χ0n) is 36.1. The van der Waals surface area contributed by atoms with Gasteiger partial charge in [-0.1, -0.05) is 43.5 Å². The number of hydrogen-bond acceptors (Lipinski definition) is 10. The number of primary amides is 1. The fourth-order valence-corrected chi connectivity index (χ4v) is 10.6. The van der Waals surface area contributed by atoms with Gasteiger partial charge in [0.1, 0.15) is 23.6 Å². The van der Waals surface area contributed by atoms with Gasteiger partial charge in [-0.2, -0.15) is 0 Å². The third-order valence-corrected chi connectivity index (χ3v) is 13.9. The average Bonchev–Trinajstić information content (AvgIpc) is 3.87. The van der Waals surface area contributed by atoms with Crippen molar-refractivity contribution in [3.05, 3.63) is 58.7 Å². The van der Waals surface area contributed by atoms with Crippen LogP contribution in [-0.2, 0) is 32.0 Å². The van der Waals surface area contributed by atoms with E-state index < -0.39 is 36.4 Å². The first-order valence-corrected chi connectivity index (χ1v) is 23.0. The van der Waals surface area contributed by atoms with Crippen LogP contribution in [0.15, 0.2) is 36.4 Å². The van der Waals surface area contributed by atoms with Gasteiger partial charge in [-0.05, 0) is 131 Å². The van der Waals surface area contributed by atoms with Crippen LogP contribution in [0.25, 0.3) is 0 Å². The van der Waals surface area contributed by atoms with E-state index >= 15 is 0 Å². The van der Waals surface area contributed by atoms with Crippen LogP contribution in [0, 0.1) is 5.92 Å². The SMILES string of the molecule is CN[C@@H](C)C(=O)N[C@H](C(=O)N1C[C@@H](O)C[C@H]1C(=O)N[C@@H]1CCCc2c(OCCCCCOc3cccc4c3CCC[C@H]4N3CC(O)CC3C(N)=O)cccc21)C1CCCCC1. The summed E-state index contributed by atoms with van der Waals surface area (Å²) in [6.07, 6.45) is 11.9. The van der Waals surface area contributed by atoms with E-state index in [0.29, 0.717) is 26.2 Å². The third-order valence-electron chi connectivity index (χ3n) is 13.9. The Morgan fingerprint density at radius 1 is 0.787 bits per heavy atom. The molecule has 3 aliphatic carbocycles. The van der Waals surface area contributed by atoms with Crippen LogP contribution in [-0.4, -0.2) is 113 Å². The molecule has 0 aromatic heterocycles. The van der Waals surface area contributed by atoms with E-state index in [1.807, 2.05) is 30.3 Å². The van der Waals surface area contributed by atoms with Crippen LogP contribution < -0.4 is 31.2 Å².